The normalized spacial score (nSPS) is 10.2. The molecule has 2 rings (SSSR count). The van der Waals surface area contributed by atoms with Crippen LogP contribution in [0.3, 0.4) is 0 Å². The van der Waals surface area contributed by atoms with Gasteiger partial charge < -0.3 is 14.8 Å². The maximum Gasteiger partial charge on any atom is 0.285 e. The van der Waals surface area contributed by atoms with E-state index in [1.54, 1.807) is 18.2 Å². The van der Waals surface area contributed by atoms with Gasteiger partial charge in [0, 0.05) is 18.7 Å². The molecule has 9 nitrogen and oxygen atoms in total. The smallest absolute Gasteiger partial charge is 0.285 e. The third kappa shape index (κ3) is 4.56. The van der Waals surface area contributed by atoms with Gasteiger partial charge in [0.15, 0.2) is 11.5 Å². The minimum Gasteiger partial charge on any atom is -0.493 e. The molecule has 0 saturated heterocycles. The number of aromatic nitrogens is 1. The quantitative estimate of drug-likeness (QED) is 0.592. The van der Waals surface area contributed by atoms with Crippen LogP contribution in [0.5, 0.6) is 11.5 Å². The summed E-state index contributed by atoms with van der Waals surface area (Å²) in [6.45, 7) is -0.101. The summed E-state index contributed by atoms with van der Waals surface area (Å²) in [7, 11) is 3.03. The SMILES string of the molecule is COc1ccc(CNC(=O)Cn2cc([N+](=O)[O-])ccc2=O)cc1OC. The summed E-state index contributed by atoms with van der Waals surface area (Å²) >= 11 is 0. The maximum absolute atomic E-state index is 12.0. The molecule has 0 aliphatic heterocycles. The van der Waals surface area contributed by atoms with E-state index in [4.69, 9.17) is 9.47 Å². The topological polar surface area (TPSA) is 113 Å². The van der Waals surface area contributed by atoms with Gasteiger partial charge >= 0.3 is 0 Å². The molecule has 1 N–H and O–H groups in total. The van der Waals surface area contributed by atoms with Gasteiger partial charge in [-0.05, 0) is 17.7 Å². The minimum absolute atomic E-state index is 0.211. The number of nitrogens with one attached hydrogen (secondary N) is 1. The second-order valence-corrected chi connectivity index (χ2v) is 5.08. The first-order chi connectivity index (χ1) is 11.9. The maximum atomic E-state index is 12.0. The fourth-order valence-corrected chi connectivity index (χ4v) is 2.15. The molecule has 0 atom stereocenters. The van der Waals surface area contributed by atoms with Crippen LogP contribution >= 0.6 is 0 Å². The lowest BCUT2D eigenvalue weighted by atomic mass is 10.2. The number of amides is 1. The van der Waals surface area contributed by atoms with Crippen LogP contribution < -0.4 is 20.3 Å². The number of methoxy groups -OCH3 is 2. The number of carbonyl (C=O) groups is 1. The summed E-state index contributed by atoms with van der Waals surface area (Å²) in [5.74, 6) is 0.655. The Morgan fingerprint density at radius 2 is 1.92 bits per heavy atom. The van der Waals surface area contributed by atoms with Crippen LogP contribution in [0.4, 0.5) is 5.69 Å². The van der Waals surface area contributed by atoms with Crippen LogP contribution in [0.15, 0.2) is 41.3 Å². The van der Waals surface area contributed by atoms with E-state index in [1.165, 1.54) is 14.2 Å². The summed E-state index contributed by atoms with van der Waals surface area (Å²) in [5, 5.41) is 13.4. The van der Waals surface area contributed by atoms with Crippen molar-refractivity contribution in [2.45, 2.75) is 13.1 Å². The van der Waals surface area contributed by atoms with Crippen molar-refractivity contribution in [3.05, 3.63) is 62.6 Å². The molecule has 9 heteroatoms. The first-order valence-corrected chi connectivity index (χ1v) is 7.27. The molecule has 2 aromatic rings. The summed E-state index contributed by atoms with van der Waals surface area (Å²) in [5.41, 5.74) is 0.0246. The number of nitrogens with zero attached hydrogens (tertiary/aromatic N) is 2. The Kier molecular flexibility index (Phi) is 5.72. The van der Waals surface area contributed by atoms with E-state index in [9.17, 15) is 19.7 Å². The molecule has 1 heterocycles. The van der Waals surface area contributed by atoms with Crippen molar-refractivity contribution < 1.29 is 19.2 Å². The molecule has 0 saturated carbocycles. The fourth-order valence-electron chi connectivity index (χ4n) is 2.15. The zero-order chi connectivity index (χ0) is 18.4. The summed E-state index contributed by atoms with van der Waals surface area (Å²) in [4.78, 5) is 33.8. The third-order valence-electron chi connectivity index (χ3n) is 3.43. The van der Waals surface area contributed by atoms with Gasteiger partial charge in [-0.3, -0.25) is 24.3 Å². The molecular weight excluding hydrogens is 330 g/mol. The molecule has 0 unspecified atom stereocenters. The molecule has 0 radical (unpaired) electrons. The van der Waals surface area contributed by atoms with Crippen LogP contribution in [-0.2, 0) is 17.9 Å². The molecule has 0 aliphatic carbocycles. The summed E-state index contributed by atoms with van der Waals surface area (Å²) < 4.78 is 11.3. The molecule has 0 aliphatic rings. The Balaban J connectivity index is 2.03. The molecule has 0 spiro atoms. The van der Waals surface area contributed by atoms with Gasteiger partial charge in [0.05, 0.1) is 25.3 Å². The van der Waals surface area contributed by atoms with E-state index in [2.05, 4.69) is 5.32 Å². The van der Waals surface area contributed by atoms with Gasteiger partial charge in [-0.15, -0.1) is 0 Å². The number of hydrogen-bond acceptors (Lipinski definition) is 6. The number of benzene rings is 1. The molecule has 1 aromatic heterocycles. The van der Waals surface area contributed by atoms with Gasteiger partial charge in [-0.1, -0.05) is 6.07 Å². The fraction of sp³-hybridized carbons (Fsp3) is 0.250. The number of ether oxygens (including phenoxy) is 2. The molecular formula is C16H17N3O6. The standard InChI is InChI=1S/C16H17N3O6/c1-24-13-5-3-11(7-14(13)25-2)8-17-15(20)10-18-9-12(19(22)23)4-6-16(18)21/h3-7,9H,8,10H2,1-2H3,(H,17,20). The molecule has 25 heavy (non-hydrogen) atoms. The van der Waals surface area contributed by atoms with Crippen molar-refractivity contribution in [2.75, 3.05) is 14.2 Å². The van der Waals surface area contributed by atoms with E-state index in [1.807, 2.05) is 0 Å². The predicted octanol–water partition coefficient (Wildman–Crippen LogP) is 1.09. The van der Waals surface area contributed by atoms with Crippen molar-refractivity contribution in [3.8, 4) is 11.5 Å². The highest BCUT2D eigenvalue weighted by Crippen LogP contribution is 2.27. The van der Waals surface area contributed by atoms with Gasteiger partial charge in [0.2, 0.25) is 5.91 Å². The van der Waals surface area contributed by atoms with Crippen LogP contribution in [0, 0.1) is 10.1 Å². The minimum atomic E-state index is -0.628. The molecule has 1 amide bonds. The van der Waals surface area contributed by atoms with Gasteiger partial charge in [0.25, 0.3) is 11.2 Å². The van der Waals surface area contributed by atoms with Crippen molar-refractivity contribution in [3.63, 3.8) is 0 Å². The Hall–Kier alpha value is -3.36. The predicted molar refractivity (Wildman–Crippen MR) is 88.7 cm³/mol. The lowest BCUT2D eigenvalue weighted by Crippen LogP contribution is -2.31. The molecule has 1 aromatic carbocycles. The van der Waals surface area contributed by atoms with Gasteiger partial charge in [-0.25, -0.2) is 0 Å². The molecule has 132 valence electrons. The lowest BCUT2D eigenvalue weighted by Gasteiger charge is -2.11. The summed E-state index contributed by atoms with van der Waals surface area (Å²) in [6, 6.07) is 7.35. The largest absolute Gasteiger partial charge is 0.493 e. The first-order valence-electron chi connectivity index (χ1n) is 7.27. The number of pyridine rings is 1. The Morgan fingerprint density at radius 1 is 1.20 bits per heavy atom. The number of hydrogen-bond donors (Lipinski definition) is 1. The Bertz CT molecular complexity index is 846. The van der Waals surface area contributed by atoms with E-state index < -0.39 is 16.4 Å². The van der Waals surface area contributed by atoms with Crippen molar-refractivity contribution in [2.24, 2.45) is 0 Å². The highest BCUT2D eigenvalue weighted by atomic mass is 16.6. The zero-order valence-electron chi connectivity index (χ0n) is 13.7. The monoisotopic (exact) mass is 347 g/mol. The average molecular weight is 347 g/mol. The highest BCUT2D eigenvalue weighted by molar-refractivity contribution is 5.75. The van der Waals surface area contributed by atoms with Crippen LogP contribution in [0.1, 0.15) is 5.56 Å². The number of nitro groups is 1. The van der Waals surface area contributed by atoms with E-state index in [0.29, 0.717) is 11.5 Å². The highest BCUT2D eigenvalue weighted by Gasteiger charge is 2.11. The Labute approximate surface area is 142 Å². The average Bonchev–Trinajstić information content (AvgIpc) is 2.61. The van der Waals surface area contributed by atoms with Crippen molar-refractivity contribution in [1.29, 1.82) is 0 Å². The van der Waals surface area contributed by atoms with Gasteiger partial charge in [-0.2, -0.15) is 0 Å². The van der Waals surface area contributed by atoms with Crippen LogP contribution in [0.25, 0.3) is 0 Å². The van der Waals surface area contributed by atoms with Gasteiger partial charge in [0.1, 0.15) is 6.54 Å². The summed E-state index contributed by atoms with van der Waals surface area (Å²) in [6.07, 6.45) is 1.04. The third-order valence-corrected chi connectivity index (χ3v) is 3.43. The van der Waals surface area contributed by atoms with Crippen molar-refractivity contribution >= 4 is 11.6 Å². The van der Waals surface area contributed by atoms with E-state index >= 15 is 0 Å². The lowest BCUT2D eigenvalue weighted by molar-refractivity contribution is -0.385. The number of rotatable bonds is 7. The molecule has 0 fully saturated rings. The van der Waals surface area contributed by atoms with Crippen LogP contribution in [0.2, 0.25) is 0 Å². The number of carbonyl (C=O) groups excluding carboxylic acids is 1. The van der Waals surface area contributed by atoms with Crippen molar-refractivity contribution in [1.82, 2.24) is 9.88 Å². The molecule has 0 bridgehead atoms. The second kappa shape index (κ2) is 7.95. The first kappa shape index (κ1) is 18.0. The van der Waals surface area contributed by atoms with Crippen LogP contribution in [-0.4, -0.2) is 29.6 Å². The van der Waals surface area contributed by atoms with E-state index in [0.717, 1.165) is 28.5 Å². The zero-order valence-corrected chi connectivity index (χ0v) is 13.7. The second-order valence-electron chi connectivity index (χ2n) is 5.08. The Morgan fingerprint density at radius 3 is 2.56 bits per heavy atom. The van der Waals surface area contributed by atoms with E-state index in [-0.39, 0.29) is 18.8 Å².